The third kappa shape index (κ3) is 4.37. The summed E-state index contributed by atoms with van der Waals surface area (Å²) in [6.45, 7) is 0.0743. The molecule has 7 heteroatoms. The number of rotatable bonds is 6. The second-order valence-corrected chi connectivity index (χ2v) is 3.31. The van der Waals surface area contributed by atoms with E-state index in [9.17, 15) is 14.4 Å². The molecule has 1 heterocycles. The predicted molar refractivity (Wildman–Crippen MR) is 55.9 cm³/mol. The van der Waals surface area contributed by atoms with Gasteiger partial charge in [-0.15, -0.1) is 0 Å². The number of primary amides is 1. The second kappa shape index (κ2) is 5.69. The summed E-state index contributed by atoms with van der Waals surface area (Å²) in [7, 11) is 0. The van der Waals surface area contributed by atoms with Gasteiger partial charge in [-0.05, 0) is 12.1 Å². The Balaban J connectivity index is 2.36. The number of hydrogen-bond donors (Lipinski definition) is 3. The third-order valence-corrected chi connectivity index (χ3v) is 1.93. The summed E-state index contributed by atoms with van der Waals surface area (Å²) < 4.78 is 4.92. The molecule has 0 saturated carbocycles. The van der Waals surface area contributed by atoms with Crippen molar-refractivity contribution in [1.29, 1.82) is 0 Å². The van der Waals surface area contributed by atoms with Crippen LogP contribution in [-0.2, 0) is 16.1 Å². The summed E-state index contributed by atoms with van der Waals surface area (Å²) in [6.07, 6.45) is -0.0216. The van der Waals surface area contributed by atoms with Gasteiger partial charge in [0, 0.05) is 12.8 Å². The van der Waals surface area contributed by atoms with Crippen molar-refractivity contribution >= 4 is 17.8 Å². The molecule has 0 aliphatic heterocycles. The average Bonchev–Trinajstić information content (AvgIpc) is 2.72. The van der Waals surface area contributed by atoms with Crippen LogP contribution in [0.4, 0.5) is 0 Å². The number of amides is 2. The second-order valence-electron chi connectivity index (χ2n) is 3.31. The molecule has 92 valence electrons. The summed E-state index contributed by atoms with van der Waals surface area (Å²) >= 11 is 0. The molecule has 1 aromatic rings. The van der Waals surface area contributed by atoms with Crippen molar-refractivity contribution < 1.29 is 23.9 Å². The lowest BCUT2D eigenvalue weighted by atomic mass is 10.3. The van der Waals surface area contributed by atoms with Crippen LogP contribution in [0.1, 0.15) is 29.2 Å². The van der Waals surface area contributed by atoms with Gasteiger partial charge in [-0.3, -0.25) is 9.59 Å². The predicted octanol–water partition coefficient (Wildman–Crippen LogP) is -0.141. The number of aromatic carboxylic acids is 1. The zero-order chi connectivity index (χ0) is 12.8. The molecule has 0 bridgehead atoms. The average molecular weight is 240 g/mol. The molecule has 0 fully saturated rings. The maximum atomic E-state index is 11.2. The van der Waals surface area contributed by atoms with E-state index >= 15 is 0 Å². The maximum absolute atomic E-state index is 11.2. The van der Waals surface area contributed by atoms with E-state index in [1.54, 1.807) is 0 Å². The van der Waals surface area contributed by atoms with Gasteiger partial charge < -0.3 is 20.6 Å². The van der Waals surface area contributed by atoms with Crippen LogP contribution in [0.15, 0.2) is 16.5 Å². The minimum absolute atomic E-state index is 0.00182. The minimum atomic E-state index is -1.17. The smallest absolute Gasteiger partial charge is 0.371 e. The Morgan fingerprint density at radius 3 is 2.53 bits per heavy atom. The lowest BCUT2D eigenvalue weighted by Gasteiger charge is -2.01. The summed E-state index contributed by atoms with van der Waals surface area (Å²) in [5.41, 5.74) is 4.88. The van der Waals surface area contributed by atoms with E-state index in [0.29, 0.717) is 5.76 Å². The standard InChI is InChI=1S/C10H12N2O5/c11-8(13)3-4-9(14)12-5-6-1-2-7(17-6)10(15)16/h1-2H,3-5H2,(H2,11,13)(H,12,14)(H,15,16). The van der Waals surface area contributed by atoms with Gasteiger partial charge in [-0.2, -0.15) is 0 Å². The van der Waals surface area contributed by atoms with Crippen molar-refractivity contribution in [2.75, 3.05) is 0 Å². The van der Waals surface area contributed by atoms with Crippen LogP contribution in [0, 0.1) is 0 Å². The van der Waals surface area contributed by atoms with E-state index in [4.69, 9.17) is 15.3 Å². The fourth-order valence-electron chi connectivity index (χ4n) is 1.10. The fourth-order valence-corrected chi connectivity index (χ4v) is 1.10. The quantitative estimate of drug-likeness (QED) is 0.638. The lowest BCUT2D eigenvalue weighted by molar-refractivity contribution is -0.125. The number of carbonyl (C=O) groups excluding carboxylic acids is 2. The molecule has 0 aliphatic carbocycles. The molecular weight excluding hydrogens is 228 g/mol. The Labute approximate surface area is 96.6 Å². The fraction of sp³-hybridized carbons (Fsp3) is 0.300. The Hall–Kier alpha value is -2.31. The van der Waals surface area contributed by atoms with E-state index in [0.717, 1.165) is 0 Å². The highest BCUT2D eigenvalue weighted by atomic mass is 16.4. The molecule has 0 aliphatic rings. The first-order valence-corrected chi connectivity index (χ1v) is 4.86. The molecule has 0 saturated heterocycles. The molecule has 2 amide bonds. The highest BCUT2D eigenvalue weighted by molar-refractivity contribution is 5.84. The van der Waals surface area contributed by atoms with Gasteiger partial charge in [0.25, 0.3) is 0 Å². The maximum Gasteiger partial charge on any atom is 0.371 e. The van der Waals surface area contributed by atoms with Gasteiger partial charge >= 0.3 is 5.97 Å². The van der Waals surface area contributed by atoms with Crippen LogP contribution in [-0.4, -0.2) is 22.9 Å². The van der Waals surface area contributed by atoms with Gasteiger partial charge in [-0.25, -0.2) is 4.79 Å². The molecule has 1 rings (SSSR count). The summed E-state index contributed by atoms with van der Waals surface area (Å²) in [5, 5.41) is 11.1. The van der Waals surface area contributed by atoms with E-state index in [1.807, 2.05) is 0 Å². The number of carboxylic acid groups (broad SMARTS) is 1. The van der Waals surface area contributed by atoms with Gasteiger partial charge in [0.2, 0.25) is 17.6 Å². The molecule has 7 nitrogen and oxygen atoms in total. The molecule has 0 unspecified atom stereocenters. The number of furan rings is 1. The Morgan fingerprint density at radius 1 is 1.29 bits per heavy atom. The molecule has 0 atom stereocenters. The molecule has 0 spiro atoms. The number of carbonyl (C=O) groups is 3. The largest absolute Gasteiger partial charge is 0.475 e. The van der Waals surface area contributed by atoms with Crippen molar-refractivity contribution in [1.82, 2.24) is 5.32 Å². The van der Waals surface area contributed by atoms with E-state index in [-0.39, 0.29) is 31.1 Å². The van der Waals surface area contributed by atoms with Crippen molar-refractivity contribution in [2.24, 2.45) is 5.73 Å². The van der Waals surface area contributed by atoms with Gasteiger partial charge in [-0.1, -0.05) is 0 Å². The molecule has 0 radical (unpaired) electrons. The first kappa shape index (κ1) is 12.8. The Bertz CT molecular complexity index is 438. The van der Waals surface area contributed by atoms with Crippen LogP contribution in [0.2, 0.25) is 0 Å². The van der Waals surface area contributed by atoms with Gasteiger partial charge in [0.05, 0.1) is 6.54 Å². The van der Waals surface area contributed by atoms with Crippen LogP contribution in [0.5, 0.6) is 0 Å². The highest BCUT2D eigenvalue weighted by Gasteiger charge is 2.10. The zero-order valence-corrected chi connectivity index (χ0v) is 8.93. The van der Waals surface area contributed by atoms with Crippen molar-refractivity contribution in [3.05, 3.63) is 23.7 Å². The highest BCUT2D eigenvalue weighted by Crippen LogP contribution is 2.07. The molecule has 0 aromatic carbocycles. The topological polar surface area (TPSA) is 123 Å². The van der Waals surface area contributed by atoms with E-state index < -0.39 is 11.9 Å². The Morgan fingerprint density at radius 2 is 2.00 bits per heavy atom. The van der Waals surface area contributed by atoms with Gasteiger partial charge in [0.15, 0.2) is 0 Å². The van der Waals surface area contributed by atoms with E-state index in [2.05, 4.69) is 5.32 Å². The van der Waals surface area contributed by atoms with Crippen LogP contribution < -0.4 is 11.1 Å². The van der Waals surface area contributed by atoms with Crippen molar-refractivity contribution in [2.45, 2.75) is 19.4 Å². The SMILES string of the molecule is NC(=O)CCC(=O)NCc1ccc(C(=O)O)o1. The Kier molecular flexibility index (Phi) is 4.27. The first-order chi connectivity index (χ1) is 7.99. The van der Waals surface area contributed by atoms with Gasteiger partial charge in [0.1, 0.15) is 5.76 Å². The third-order valence-electron chi connectivity index (χ3n) is 1.93. The summed E-state index contributed by atoms with van der Waals surface area (Å²) in [4.78, 5) is 32.1. The zero-order valence-electron chi connectivity index (χ0n) is 8.93. The van der Waals surface area contributed by atoms with Crippen LogP contribution in [0.25, 0.3) is 0 Å². The summed E-state index contributed by atoms with van der Waals surface area (Å²) in [5.74, 6) is -1.93. The minimum Gasteiger partial charge on any atom is -0.475 e. The van der Waals surface area contributed by atoms with E-state index in [1.165, 1.54) is 12.1 Å². The molecule has 17 heavy (non-hydrogen) atoms. The first-order valence-electron chi connectivity index (χ1n) is 4.86. The number of nitrogens with two attached hydrogens (primary N) is 1. The molecule has 4 N–H and O–H groups in total. The number of nitrogens with one attached hydrogen (secondary N) is 1. The van der Waals surface area contributed by atoms with Crippen LogP contribution >= 0.6 is 0 Å². The van der Waals surface area contributed by atoms with Crippen molar-refractivity contribution in [3.63, 3.8) is 0 Å². The number of carboxylic acids is 1. The summed E-state index contributed by atoms with van der Waals surface area (Å²) in [6, 6.07) is 2.76. The lowest BCUT2D eigenvalue weighted by Crippen LogP contribution is -2.24. The van der Waals surface area contributed by atoms with Crippen molar-refractivity contribution in [3.8, 4) is 0 Å². The number of hydrogen-bond acceptors (Lipinski definition) is 4. The monoisotopic (exact) mass is 240 g/mol. The van der Waals surface area contributed by atoms with Crippen LogP contribution in [0.3, 0.4) is 0 Å². The molecule has 1 aromatic heterocycles. The normalized spacial score (nSPS) is 9.88. The molecular formula is C10H12N2O5.